The molecule has 0 bridgehead atoms. The first-order valence-electron chi connectivity index (χ1n) is 9.22. The van der Waals surface area contributed by atoms with E-state index in [1.165, 1.54) is 22.5 Å². The quantitative estimate of drug-likeness (QED) is 0.351. The molecule has 0 spiro atoms. The summed E-state index contributed by atoms with van der Waals surface area (Å²) in [4.78, 5) is 13.3. The highest BCUT2D eigenvalue weighted by Gasteiger charge is 2.12. The summed E-state index contributed by atoms with van der Waals surface area (Å²) < 4.78 is 1.08. The molecule has 146 valence electrons. The van der Waals surface area contributed by atoms with Gasteiger partial charge < -0.3 is 16.4 Å². The molecule has 0 aliphatic heterocycles. The number of amides is 1. The van der Waals surface area contributed by atoms with E-state index in [1.54, 1.807) is 12.1 Å². The lowest BCUT2D eigenvalue weighted by molar-refractivity contribution is 0.103. The van der Waals surface area contributed by atoms with Crippen LogP contribution in [0.15, 0.2) is 72.8 Å². The molecule has 0 unspecified atom stereocenters. The minimum absolute atomic E-state index is 0.147. The smallest absolute Gasteiger partial charge is 0.265 e. The van der Waals surface area contributed by atoms with Crippen LogP contribution in [0.5, 0.6) is 0 Å². The van der Waals surface area contributed by atoms with Gasteiger partial charge >= 0.3 is 0 Å². The van der Waals surface area contributed by atoms with Crippen molar-refractivity contribution < 1.29 is 4.79 Å². The second kappa shape index (κ2) is 8.66. The fourth-order valence-corrected chi connectivity index (χ4v) is 4.13. The topological polar surface area (TPSA) is 67.1 Å². The highest BCUT2D eigenvalue weighted by Crippen LogP contribution is 2.28. The van der Waals surface area contributed by atoms with Crippen molar-refractivity contribution in [2.75, 3.05) is 11.1 Å². The second-order valence-electron chi connectivity index (χ2n) is 6.75. The third-order valence-corrected chi connectivity index (χ3v) is 5.95. The zero-order valence-electron chi connectivity index (χ0n) is 15.6. The third kappa shape index (κ3) is 4.77. The molecule has 6 heteroatoms. The zero-order valence-corrected chi connectivity index (χ0v) is 17.2. The average Bonchev–Trinajstić information content (AvgIpc) is 3.15. The molecule has 1 heterocycles. The first-order chi connectivity index (χ1) is 14.1. The van der Waals surface area contributed by atoms with Crippen molar-refractivity contribution in [3.63, 3.8) is 0 Å². The van der Waals surface area contributed by atoms with E-state index in [0.29, 0.717) is 16.3 Å². The number of benzene rings is 3. The van der Waals surface area contributed by atoms with Gasteiger partial charge in [-0.2, -0.15) is 0 Å². The van der Waals surface area contributed by atoms with Crippen molar-refractivity contribution in [2.45, 2.75) is 13.1 Å². The van der Waals surface area contributed by atoms with E-state index >= 15 is 0 Å². The van der Waals surface area contributed by atoms with Crippen LogP contribution in [-0.4, -0.2) is 5.91 Å². The first kappa shape index (κ1) is 19.5. The van der Waals surface area contributed by atoms with Crippen LogP contribution in [0.4, 0.5) is 11.4 Å². The zero-order chi connectivity index (χ0) is 20.2. The van der Waals surface area contributed by atoms with Gasteiger partial charge in [-0.25, -0.2) is 0 Å². The van der Waals surface area contributed by atoms with Crippen LogP contribution in [0.25, 0.3) is 10.1 Å². The normalized spacial score (nSPS) is 10.9. The van der Waals surface area contributed by atoms with Crippen LogP contribution in [0.3, 0.4) is 0 Å². The van der Waals surface area contributed by atoms with Crippen molar-refractivity contribution in [3.8, 4) is 0 Å². The molecular formula is C23H20ClN3OS. The number of nitrogens with one attached hydrogen (secondary N) is 2. The molecule has 0 saturated heterocycles. The summed E-state index contributed by atoms with van der Waals surface area (Å²) in [6.45, 7) is 1.52. The SMILES string of the molecule is Nc1ccccc1NC(=O)c1cc2cc(CNCc3ccc(Cl)cc3)ccc2s1. The molecule has 4 nitrogen and oxygen atoms in total. The largest absolute Gasteiger partial charge is 0.397 e. The molecule has 0 radical (unpaired) electrons. The van der Waals surface area contributed by atoms with Crippen LogP contribution >= 0.6 is 22.9 Å². The fraction of sp³-hybridized carbons (Fsp3) is 0.0870. The van der Waals surface area contributed by atoms with Crippen molar-refractivity contribution in [1.29, 1.82) is 0 Å². The Morgan fingerprint density at radius 1 is 0.931 bits per heavy atom. The Labute approximate surface area is 178 Å². The summed E-state index contributed by atoms with van der Waals surface area (Å²) >= 11 is 7.40. The van der Waals surface area contributed by atoms with Crippen molar-refractivity contribution in [1.82, 2.24) is 5.32 Å². The van der Waals surface area contributed by atoms with Crippen molar-refractivity contribution >= 4 is 50.3 Å². The van der Waals surface area contributed by atoms with Crippen LogP contribution in [0.2, 0.25) is 5.02 Å². The molecule has 1 aromatic heterocycles. The number of para-hydroxylation sites is 2. The van der Waals surface area contributed by atoms with Gasteiger partial charge in [-0.3, -0.25) is 4.79 Å². The van der Waals surface area contributed by atoms with Gasteiger partial charge in [-0.15, -0.1) is 11.3 Å². The molecule has 29 heavy (non-hydrogen) atoms. The molecule has 4 aromatic rings. The lowest BCUT2D eigenvalue weighted by Gasteiger charge is -2.06. The molecular weight excluding hydrogens is 402 g/mol. The number of carbonyl (C=O) groups excluding carboxylic acids is 1. The average molecular weight is 422 g/mol. The summed E-state index contributed by atoms with van der Waals surface area (Å²) in [7, 11) is 0. The van der Waals surface area contributed by atoms with Crippen molar-refractivity contribution in [3.05, 3.63) is 93.8 Å². The van der Waals surface area contributed by atoms with Gasteiger partial charge in [-0.05, 0) is 59.0 Å². The van der Waals surface area contributed by atoms with Gasteiger partial charge in [0.1, 0.15) is 0 Å². The Kier molecular flexibility index (Phi) is 5.81. The maximum atomic E-state index is 12.6. The van der Waals surface area contributed by atoms with Gasteiger partial charge in [0, 0.05) is 22.8 Å². The number of carbonyl (C=O) groups is 1. The predicted octanol–water partition coefficient (Wildman–Crippen LogP) is 5.68. The standard InChI is InChI=1S/C23H20ClN3OS/c24-18-8-5-15(6-9-18)13-26-14-16-7-10-21-17(11-16)12-22(29-21)23(28)27-20-4-2-1-3-19(20)25/h1-12,26H,13-14,25H2,(H,27,28). The Balaban J connectivity index is 1.42. The summed E-state index contributed by atoms with van der Waals surface area (Å²) in [5.74, 6) is -0.147. The minimum atomic E-state index is -0.147. The number of fused-ring (bicyclic) bond motifs is 1. The first-order valence-corrected chi connectivity index (χ1v) is 10.4. The van der Waals surface area contributed by atoms with Crippen molar-refractivity contribution in [2.24, 2.45) is 0 Å². The van der Waals surface area contributed by atoms with E-state index in [0.717, 1.165) is 28.2 Å². The lowest BCUT2D eigenvalue weighted by Crippen LogP contribution is -2.12. The van der Waals surface area contributed by atoms with Gasteiger partial charge in [0.2, 0.25) is 0 Å². The van der Waals surface area contributed by atoms with E-state index in [4.69, 9.17) is 17.3 Å². The van der Waals surface area contributed by atoms with Crippen LogP contribution < -0.4 is 16.4 Å². The molecule has 0 aliphatic rings. The highest BCUT2D eigenvalue weighted by molar-refractivity contribution is 7.20. The summed E-state index contributed by atoms with van der Waals surface area (Å²) in [6.07, 6.45) is 0. The molecule has 1 amide bonds. The number of nitrogens with two attached hydrogens (primary N) is 1. The van der Waals surface area contributed by atoms with E-state index in [9.17, 15) is 4.79 Å². The molecule has 4 N–H and O–H groups in total. The predicted molar refractivity (Wildman–Crippen MR) is 123 cm³/mol. The molecule has 4 rings (SSSR count). The number of rotatable bonds is 6. The molecule has 3 aromatic carbocycles. The second-order valence-corrected chi connectivity index (χ2v) is 8.27. The maximum absolute atomic E-state index is 12.6. The minimum Gasteiger partial charge on any atom is -0.397 e. The molecule has 0 fully saturated rings. The van der Waals surface area contributed by atoms with E-state index < -0.39 is 0 Å². The van der Waals surface area contributed by atoms with Crippen LogP contribution in [0, 0.1) is 0 Å². The van der Waals surface area contributed by atoms with Gasteiger partial charge in [0.25, 0.3) is 5.91 Å². The number of anilines is 2. The Bertz CT molecular complexity index is 1150. The number of halogens is 1. The van der Waals surface area contributed by atoms with E-state index in [1.807, 2.05) is 42.5 Å². The Hall–Kier alpha value is -2.86. The number of hydrogen-bond donors (Lipinski definition) is 3. The lowest BCUT2D eigenvalue weighted by atomic mass is 10.1. The molecule has 0 aliphatic carbocycles. The molecule has 0 saturated carbocycles. The van der Waals surface area contributed by atoms with Gasteiger partial charge in [0.15, 0.2) is 0 Å². The number of thiophene rings is 1. The maximum Gasteiger partial charge on any atom is 0.265 e. The van der Waals surface area contributed by atoms with Crippen LogP contribution in [0.1, 0.15) is 20.8 Å². The monoisotopic (exact) mass is 421 g/mol. The van der Waals surface area contributed by atoms with Gasteiger partial charge in [-0.1, -0.05) is 41.9 Å². The number of nitrogen functional groups attached to an aromatic ring is 1. The Morgan fingerprint density at radius 2 is 1.66 bits per heavy atom. The van der Waals surface area contributed by atoms with E-state index in [2.05, 4.69) is 28.8 Å². The summed E-state index contributed by atoms with van der Waals surface area (Å²) in [5, 5.41) is 8.13. The van der Waals surface area contributed by atoms with E-state index in [-0.39, 0.29) is 5.91 Å². The molecule has 0 atom stereocenters. The Morgan fingerprint density at radius 3 is 2.45 bits per heavy atom. The highest BCUT2D eigenvalue weighted by atomic mass is 35.5. The summed E-state index contributed by atoms with van der Waals surface area (Å²) in [5.41, 5.74) is 9.45. The number of hydrogen-bond acceptors (Lipinski definition) is 4. The fourth-order valence-electron chi connectivity index (χ4n) is 3.06. The summed E-state index contributed by atoms with van der Waals surface area (Å²) in [6, 6.07) is 23.3. The van der Waals surface area contributed by atoms with Crippen LogP contribution in [-0.2, 0) is 13.1 Å². The van der Waals surface area contributed by atoms with Gasteiger partial charge in [0.05, 0.1) is 16.3 Å². The third-order valence-electron chi connectivity index (χ3n) is 4.58.